The van der Waals surface area contributed by atoms with Gasteiger partial charge in [0.05, 0.1) is 4.92 Å². The summed E-state index contributed by atoms with van der Waals surface area (Å²) in [6, 6.07) is 3.95. The van der Waals surface area contributed by atoms with Gasteiger partial charge in [-0.05, 0) is 12.1 Å². The van der Waals surface area contributed by atoms with Gasteiger partial charge in [-0.1, -0.05) is 11.6 Å². The van der Waals surface area contributed by atoms with Crippen LogP contribution in [0.15, 0.2) is 18.2 Å². The number of halogens is 1. The number of hydrogen-bond donors (Lipinski definition) is 2. The lowest BCUT2D eigenvalue weighted by molar-refractivity contribution is -0.383. The number of benzene rings is 1. The summed E-state index contributed by atoms with van der Waals surface area (Å²) in [5.41, 5.74) is 5.07. The molecule has 6 nitrogen and oxygen atoms in total. The summed E-state index contributed by atoms with van der Waals surface area (Å²) in [6.07, 6.45) is 0.101. The van der Waals surface area contributed by atoms with Gasteiger partial charge in [0.25, 0.3) is 5.69 Å². The van der Waals surface area contributed by atoms with Crippen LogP contribution in [0, 0.1) is 10.1 Å². The minimum absolute atomic E-state index is 0.0796. The van der Waals surface area contributed by atoms with Gasteiger partial charge in [-0.15, -0.1) is 0 Å². The summed E-state index contributed by atoms with van der Waals surface area (Å²) in [5, 5.41) is 13.4. The molecule has 3 N–H and O–H groups in total. The van der Waals surface area contributed by atoms with E-state index in [-0.39, 0.29) is 30.2 Å². The van der Waals surface area contributed by atoms with Crippen molar-refractivity contribution in [1.82, 2.24) is 0 Å². The third-order valence-electron chi connectivity index (χ3n) is 1.80. The summed E-state index contributed by atoms with van der Waals surface area (Å²) in [4.78, 5) is 21.3. The SMILES string of the molecule is NCCC(=O)Nc1cc(Cl)ccc1[N+](=O)[O-]. The molecule has 0 aliphatic heterocycles. The number of carbonyl (C=O) groups is 1. The molecule has 0 atom stereocenters. The fourth-order valence-corrected chi connectivity index (χ4v) is 1.28. The predicted octanol–water partition coefficient (Wildman–Crippen LogP) is 1.54. The zero-order chi connectivity index (χ0) is 12.1. The second kappa shape index (κ2) is 5.43. The first kappa shape index (κ1) is 12.4. The van der Waals surface area contributed by atoms with Crippen molar-refractivity contribution in [3.63, 3.8) is 0 Å². The number of nitrogens with zero attached hydrogens (tertiary/aromatic N) is 1. The highest BCUT2D eigenvalue weighted by atomic mass is 35.5. The van der Waals surface area contributed by atoms with Crippen LogP contribution in [-0.4, -0.2) is 17.4 Å². The number of hydrogen-bond acceptors (Lipinski definition) is 4. The van der Waals surface area contributed by atoms with Crippen LogP contribution in [0.2, 0.25) is 5.02 Å². The second-order valence-corrected chi connectivity index (χ2v) is 3.44. The summed E-state index contributed by atoms with van der Waals surface area (Å²) in [7, 11) is 0. The van der Waals surface area contributed by atoms with Crippen molar-refractivity contribution in [1.29, 1.82) is 0 Å². The Morgan fingerprint density at radius 2 is 2.25 bits per heavy atom. The van der Waals surface area contributed by atoms with Crippen molar-refractivity contribution in [2.45, 2.75) is 6.42 Å². The number of nitrogens with two attached hydrogens (primary N) is 1. The van der Waals surface area contributed by atoms with E-state index in [0.717, 1.165) is 0 Å². The van der Waals surface area contributed by atoms with Gasteiger partial charge in [-0.25, -0.2) is 0 Å². The van der Waals surface area contributed by atoms with Gasteiger partial charge in [0.1, 0.15) is 5.69 Å². The van der Waals surface area contributed by atoms with Crippen LogP contribution >= 0.6 is 11.6 Å². The average Bonchev–Trinajstić information content (AvgIpc) is 2.17. The van der Waals surface area contributed by atoms with E-state index in [9.17, 15) is 14.9 Å². The first-order valence-electron chi connectivity index (χ1n) is 4.48. The van der Waals surface area contributed by atoms with Crippen LogP contribution in [0.4, 0.5) is 11.4 Å². The van der Waals surface area contributed by atoms with Gasteiger partial charge < -0.3 is 11.1 Å². The minimum atomic E-state index is -0.589. The molecule has 0 saturated heterocycles. The largest absolute Gasteiger partial charge is 0.330 e. The Hall–Kier alpha value is -1.66. The van der Waals surface area contributed by atoms with Crippen LogP contribution in [0.1, 0.15) is 6.42 Å². The van der Waals surface area contributed by atoms with E-state index in [0.29, 0.717) is 5.02 Å². The summed E-state index contributed by atoms with van der Waals surface area (Å²) in [6.45, 7) is 0.181. The Kier molecular flexibility index (Phi) is 4.21. The molecule has 0 aliphatic carbocycles. The number of carbonyl (C=O) groups excluding carboxylic acids is 1. The molecule has 0 aliphatic rings. The van der Waals surface area contributed by atoms with Crippen molar-refractivity contribution < 1.29 is 9.72 Å². The number of nitrogens with one attached hydrogen (secondary N) is 1. The molecule has 1 aromatic rings. The molecule has 16 heavy (non-hydrogen) atoms. The monoisotopic (exact) mass is 243 g/mol. The highest BCUT2D eigenvalue weighted by Gasteiger charge is 2.15. The highest BCUT2D eigenvalue weighted by Crippen LogP contribution is 2.27. The van der Waals surface area contributed by atoms with Crippen LogP contribution in [-0.2, 0) is 4.79 Å². The lowest BCUT2D eigenvalue weighted by Gasteiger charge is -2.05. The lowest BCUT2D eigenvalue weighted by atomic mass is 10.2. The van der Waals surface area contributed by atoms with Gasteiger partial charge in [-0.3, -0.25) is 14.9 Å². The van der Waals surface area contributed by atoms with Gasteiger partial charge in [0.15, 0.2) is 0 Å². The van der Waals surface area contributed by atoms with Crippen LogP contribution in [0.5, 0.6) is 0 Å². The molecule has 0 aromatic heterocycles. The summed E-state index contributed by atoms with van der Waals surface area (Å²) >= 11 is 5.68. The van der Waals surface area contributed by atoms with E-state index in [2.05, 4.69) is 5.32 Å². The normalized spacial score (nSPS) is 9.88. The van der Waals surface area contributed by atoms with Crippen molar-refractivity contribution in [3.8, 4) is 0 Å². The molecule has 0 heterocycles. The quantitative estimate of drug-likeness (QED) is 0.619. The van der Waals surface area contributed by atoms with Crippen molar-refractivity contribution in [2.75, 3.05) is 11.9 Å². The topological polar surface area (TPSA) is 98.3 Å². The van der Waals surface area contributed by atoms with Crippen molar-refractivity contribution in [2.24, 2.45) is 5.73 Å². The second-order valence-electron chi connectivity index (χ2n) is 3.01. The van der Waals surface area contributed by atoms with Gasteiger partial charge in [-0.2, -0.15) is 0 Å². The maximum absolute atomic E-state index is 11.2. The Bertz CT molecular complexity index is 422. The molecule has 1 amide bonds. The van der Waals surface area contributed by atoms with E-state index < -0.39 is 4.92 Å². The third-order valence-corrected chi connectivity index (χ3v) is 2.04. The molecule has 86 valence electrons. The minimum Gasteiger partial charge on any atom is -0.330 e. The molecule has 0 unspecified atom stereocenters. The first-order valence-corrected chi connectivity index (χ1v) is 4.86. The molecule has 1 rings (SSSR count). The Labute approximate surface area is 96.5 Å². The molecule has 1 aromatic carbocycles. The third kappa shape index (κ3) is 3.18. The van der Waals surface area contributed by atoms with E-state index >= 15 is 0 Å². The number of nitro groups is 1. The first-order chi connectivity index (χ1) is 7.54. The van der Waals surface area contributed by atoms with Gasteiger partial charge in [0.2, 0.25) is 5.91 Å². The Morgan fingerprint density at radius 3 is 2.81 bits per heavy atom. The van der Waals surface area contributed by atoms with E-state index in [1.54, 1.807) is 0 Å². The van der Waals surface area contributed by atoms with E-state index in [1.807, 2.05) is 0 Å². The highest BCUT2D eigenvalue weighted by molar-refractivity contribution is 6.31. The smallest absolute Gasteiger partial charge is 0.292 e. The fraction of sp³-hybridized carbons (Fsp3) is 0.222. The Morgan fingerprint density at radius 1 is 1.56 bits per heavy atom. The number of anilines is 1. The molecule has 0 saturated carbocycles. The number of amides is 1. The lowest BCUT2D eigenvalue weighted by Crippen LogP contribution is -2.16. The molecular formula is C9H10ClN3O3. The van der Waals surface area contributed by atoms with Crippen LogP contribution < -0.4 is 11.1 Å². The molecule has 0 radical (unpaired) electrons. The van der Waals surface area contributed by atoms with Crippen LogP contribution in [0.25, 0.3) is 0 Å². The van der Waals surface area contributed by atoms with Crippen molar-refractivity contribution >= 4 is 28.9 Å². The molecule has 0 fully saturated rings. The standard InChI is InChI=1S/C9H10ClN3O3/c10-6-1-2-8(13(15)16)7(5-6)12-9(14)3-4-11/h1-2,5H,3-4,11H2,(H,12,14). The fourth-order valence-electron chi connectivity index (χ4n) is 1.11. The molecular weight excluding hydrogens is 234 g/mol. The van der Waals surface area contributed by atoms with Crippen molar-refractivity contribution in [3.05, 3.63) is 33.3 Å². The number of rotatable bonds is 4. The maximum atomic E-state index is 11.2. The summed E-state index contributed by atoms with van der Waals surface area (Å²) < 4.78 is 0. The van der Waals surface area contributed by atoms with E-state index in [4.69, 9.17) is 17.3 Å². The van der Waals surface area contributed by atoms with Gasteiger partial charge in [0, 0.05) is 24.1 Å². The predicted molar refractivity (Wildman–Crippen MR) is 60.4 cm³/mol. The zero-order valence-electron chi connectivity index (χ0n) is 8.27. The molecule has 0 bridgehead atoms. The summed E-state index contributed by atoms with van der Waals surface area (Å²) in [5.74, 6) is -0.382. The molecule has 0 spiro atoms. The molecule has 7 heteroatoms. The maximum Gasteiger partial charge on any atom is 0.292 e. The van der Waals surface area contributed by atoms with Gasteiger partial charge >= 0.3 is 0 Å². The Balaban J connectivity index is 2.96. The zero-order valence-corrected chi connectivity index (χ0v) is 9.03. The average molecular weight is 244 g/mol. The number of nitro benzene ring substituents is 1. The van der Waals surface area contributed by atoms with E-state index in [1.165, 1.54) is 18.2 Å². The van der Waals surface area contributed by atoms with Crippen LogP contribution in [0.3, 0.4) is 0 Å².